The molecule has 11 heavy (non-hydrogen) atoms. The van der Waals surface area contributed by atoms with Gasteiger partial charge in [-0.3, -0.25) is 0 Å². The minimum absolute atomic E-state index is 0. The molecular formula is C9H14BrN. The molecule has 1 aliphatic heterocycles. The van der Waals surface area contributed by atoms with Crippen molar-refractivity contribution in [2.75, 3.05) is 6.54 Å². The topological polar surface area (TPSA) is 14.0 Å². The molecule has 0 unspecified atom stereocenters. The first-order valence-electron chi connectivity index (χ1n) is 3.63. The van der Waals surface area contributed by atoms with Crippen molar-refractivity contribution in [3.05, 3.63) is 24.3 Å². The molecule has 0 fully saturated rings. The molecule has 0 amide bonds. The normalized spacial score (nSPS) is 20.2. The molecule has 1 nitrogen and oxygen atoms in total. The summed E-state index contributed by atoms with van der Waals surface area (Å²) in [6.45, 7) is 5.33. The summed E-state index contributed by atoms with van der Waals surface area (Å²) in [7, 11) is 0. The molecule has 1 N–H and O–H groups in total. The third-order valence-corrected chi connectivity index (χ3v) is 1.52. The molecule has 0 saturated heterocycles. The summed E-state index contributed by atoms with van der Waals surface area (Å²) in [5.74, 6) is 0. The van der Waals surface area contributed by atoms with Gasteiger partial charge in [-0.15, -0.1) is 0 Å². The average molecular weight is 216 g/mol. The molecule has 0 spiro atoms. The smallest absolute Gasteiger partial charge is 0.161 e. The standard InChI is InChI=1S/C9H13N.BrH/c1-9(2)5-3-7-10-8-4-6-9;/h3-7H,8H2,1-2H3;1H. The van der Waals surface area contributed by atoms with Gasteiger partial charge in [0.2, 0.25) is 0 Å². The lowest BCUT2D eigenvalue weighted by atomic mass is 9.92. The Hall–Kier alpha value is -0.370. The van der Waals surface area contributed by atoms with Crippen molar-refractivity contribution in [1.82, 2.24) is 0 Å². The number of halogens is 1. The van der Waals surface area contributed by atoms with E-state index in [9.17, 15) is 0 Å². The van der Waals surface area contributed by atoms with Gasteiger partial charge in [0, 0.05) is 5.41 Å². The third-order valence-electron chi connectivity index (χ3n) is 1.52. The van der Waals surface area contributed by atoms with Crippen molar-refractivity contribution in [2.24, 2.45) is 5.41 Å². The molecule has 0 bridgehead atoms. The first-order chi connectivity index (χ1) is 4.71. The van der Waals surface area contributed by atoms with Gasteiger partial charge < -0.3 is 17.0 Å². The maximum absolute atomic E-state index is 3.13. The monoisotopic (exact) mass is 215 g/mol. The Morgan fingerprint density at radius 2 is 2.00 bits per heavy atom. The highest BCUT2D eigenvalue weighted by atomic mass is 79.9. The van der Waals surface area contributed by atoms with Crippen molar-refractivity contribution in [3.63, 3.8) is 0 Å². The lowest BCUT2D eigenvalue weighted by Gasteiger charge is -2.13. The molecule has 1 heterocycles. The molecule has 62 valence electrons. The molecule has 0 aromatic rings. The second-order valence-corrected chi connectivity index (χ2v) is 3.16. The van der Waals surface area contributed by atoms with Crippen LogP contribution in [0.1, 0.15) is 13.8 Å². The van der Waals surface area contributed by atoms with E-state index in [-0.39, 0.29) is 22.4 Å². The molecule has 1 aliphatic rings. The van der Waals surface area contributed by atoms with Gasteiger partial charge in [0.15, 0.2) is 12.8 Å². The summed E-state index contributed by atoms with van der Waals surface area (Å²) in [4.78, 5) is 3.13. The summed E-state index contributed by atoms with van der Waals surface area (Å²) in [5, 5.41) is 0. The fourth-order valence-corrected chi connectivity index (χ4v) is 0.918. The highest BCUT2D eigenvalue weighted by Crippen LogP contribution is 2.17. The first-order valence-corrected chi connectivity index (χ1v) is 3.63. The summed E-state index contributed by atoms with van der Waals surface area (Å²) < 4.78 is 0. The molecule has 0 aromatic heterocycles. The minimum atomic E-state index is 0. The third kappa shape index (κ3) is 4.14. The van der Waals surface area contributed by atoms with Crippen LogP contribution in [0.3, 0.4) is 0 Å². The van der Waals surface area contributed by atoms with E-state index in [1.54, 1.807) is 0 Å². The van der Waals surface area contributed by atoms with Crippen LogP contribution in [0.4, 0.5) is 0 Å². The van der Waals surface area contributed by atoms with Gasteiger partial charge in [0.25, 0.3) is 0 Å². The van der Waals surface area contributed by atoms with Crippen LogP contribution in [0.2, 0.25) is 0 Å². The van der Waals surface area contributed by atoms with Gasteiger partial charge in [-0.05, 0) is 12.2 Å². The highest BCUT2D eigenvalue weighted by molar-refractivity contribution is 5.65. The van der Waals surface area contributed by atoms with Gasteiger partial charge in [-0.1, -0.05) is 26.0 Å². The number of nitrogens with one attached hydrogen (secondary N) is 1. The van der Waals surface area contributed by atoms with Crippen LogP contribution in [0, 0.1) is 5.41 Å². The Bertz CT molecular complexity index is 190. The van der Waals surface area contributed by atoms with E-state index >= 15 is 0 Å². The van der Waals surface area contributed by atoms with E-state index in [0.29, 0.717) is 0 Å². The molecule has 1 rings (SSSR count). The van der Waals surface area contributed by atoms with Crippen molar-refractivity contribution in [1.29, 1.82) is 0 Å². The Morgan fingerprint density at radius 3 is 2.73 bits per heavy atom. The second kappa shape index (κ2) is 4.50. The Balaban J connectivity index is 0.000001000. The average Bonchev–Trinajstić information content (AvgIpc) is 1.81. The van der Waals surface area contributed by atoms with Crippen LogP contribution in [0.15, 0.2) is 24.3 Å². The second-order valence-electron chi connectivity index (χ2n) is 3.16. The molecule has 0 aromatic carbocycles. The van der Waals surface area contributed by atoms with E-state index in [4.69, 9.17) is 0 Å². The van der Waals surface area contributed by atoms with Gasteiger partial charge in [-0.2, -0.15) is 0 Å². The van der Waals surface area contributed by atoms with E-state index in [0.717, 1.165) is 6.54 Å². The van der Waals surface area contributed by atoms with Crippen LogP contribution < -0.4 is 22.0 Å². The first kappa shape index (κ1) is 10.6. The molecule has 0 aliphatic carbocycles. The van der Waals surface area contributed by atoms with E-state index < -0.39 is 0 Å². The van der Waals surface area contributed by atoms with Gasteiger partial charge in [0.05, 0.1) is 0 Å². The van der Waals surface area contributed by atoms with Crippen LogP contribution in [-0.2, 0) is 0 Å². The molecule has 0 radical (unpaired) electrons. The van der Waals surface area contributed by atoms with Crippen molar-refractivity contribution in [2.45, 2.75) is 13.8 Å². The van der Waals surface area contributed by atoms with E-state index in [1.807, 2.05) is 6.21 Å². The van der Waals surface area contributed by atoms with E-state index in [1.165, 1.54) is 0 Å². The number of rotatable bonds is 0. The summed E-state index contributed by atoms with van der Waals surface area (Å²) in [6.07, 6.45) is 10.6. The van der Waals surface area contributed by atoms with Crippen molar-refractivity contribution >= 4 is 6.21 Å². The van der Waals surface area contributed by atoms with Crippen LogP contribution in [0.5, 0.6) is 0 Å². The SMILES string of the molecule is CC1(C)C=CC=[NH+]CC=C1.[Br-]. The fraction of sp³-hybridized carbons (Fsp3) is 0.444. The predicted molar refractivity (Wildman–Crippen MR) is 44.0 cm³/mol. The number of hydrogen-bond donors (Lipinski definition) is 1. The van der Waals surface area contributed by atoms with Crippen LogP contribution in [0.25, 0.3) is 0 Å². The Labute approximate surface area is 78.7 Å². The zero-order chi connectivity index (χ0) is 7.45. The molecule has 0 saturated carbocycles. The van der Waals surface area contributed by atoms with E-state index in [2.05, 4.69) is 43.1 Å². The predicted octanol–water partition coefficient (Wildman–Crippen LogP) is -2.71. The minimum Gasteiger partial charge on any atom is -1.00 e. The van der Waals surface area contributed by atoms with Crippen LogP contribution in [-0.4, -0.2) is 12.8 Å². The Kier molecular flexibility index (Phi) is 4.34. The quantitative estimate of drug-likeness (QED) is 0.423. The highest BCUT2D eigenvalue weighted by Gasteiger charge is 2.08. The van der Waals surface area contributed by atoms with Crippen molar-refractivity contribution in [3.8, 4) is 0 Å². The summed E-state index contributed by atoms with van der Waals surface area (Å²) >= 11 is 0. The van der Waals surface area contributed by atoms with Crippen LogP contribution >= 0.6 is 0 Å². The number of hydrogen-bond acceptors (Lipinski definition) is 0. The van der Waals surface area contributed by atoms with Crippen molar-refractivity contribution < 1.29 is 22.0 Å². The fourth-order valence-electron chi connectivity index (χ4n) is 0.918. The molecular weight excluding hydrogens is 202 g/mol. The Morgan fingerprint density at radius 1 is 1.27 bits per heavy atom. The maximum atomic E-state index is 3.13. The number of allylic oxidation sites excluding steroid dienone is 3. The largest absolute Gasteiger partial charge is 1.00 e. The lowest BCUT2D eigenvalue weighted by Crippen LogP contribution is -3.00. The van der Waals surface area contributed by atoms with Gasteiger partial charge in [-0.25, -0.2) is 4.99 Å². The summed E-state index contributed by atoms with van der Waals surface area (Å²) in [5.41, 5.74) is 0.221. The van der Waals surface area contributed by atoms with Gasteiger partial charge in [0.1, 0.15) is 0 Å². The zero-order valence-corrected chi connectivity index (χ0v) is 8.56. The molecule has 2 heteroatoms. The van der Waals surface area contributed by atoms with Gasteiger partial charge >= 0.3 is 0 Å². The lowest BCUT2D eigenvalue weighted by molar-refractivity contribution is -0.438. The summed E-state index contributed by atoms with van der Waals surface area (Å²) in [6, 6.07) is 0. The zero-order valence-electron chi connectivity index (χ0n) is 6.97. The maximum Gasteiger partial charge on any atom is 0.161 e. The molecule has 0 atom stereocenters.